The van der Waals surface area contributed by atoms with Crippen LogP contribution < -0.4 is 20.5 Å². The molecule has 5 rings (SSSR count). The lowest BCUT2D eigenvalue weighted by molar-refractivity contribution is 0.0952. The predicted molar refractivity (Wildman–Crippen MR) is 166 cm³/mol. The fourth-order valence-corrected chi connectivity index (χ4v) is 6.27. The molecule has 0 bridgehead atoms. The van der Waals surface area contributed by atoms with Crippen LogP contribution in [0.5, 0.6) is 5.75 Å². The normalized spacial score (nSPS) is 14.4. The summed E-state index contributed by atoms with van der Waals surface area (Å²) >= 11 is 0. The monoisotopic (exact) mass is 607 g/mol. The van der Waals surface area contributed by atoms with Crippen molar-refractivity contribution in [1.82, 2.24) is 29.4 Å². The second-order valence-electron chi connectivity index (χ2n) is 11.1. The molecule has 1 amide bonds. The van der Waals surface area contributed by atoms with Gasteiger partial charge in [0, 0.05) is 49.0 Å². The molecule has 1 aromatic carbocycles. The molecule has 3 aromatic heterocycles. The van der Waals surface area contributed by atoms with Crippen LogP contribution >= 0.6 is 0 Å². The van der Waals surface area contributed by atoms with Gasteiger partial charge in [0.15, 0.2) is 0 Å². The third-order valence-corrected chi connectivity index (χ3v) is 9.74. The number of anilines is 1. The number of pyridine rings is 2. The Kier molecular flexibility index (Phi) is 8.30. The Morgan fingerprint density at radius 1 is 1.09 bits per heavy atom. The second-order valence-corrected chi connectivity index (χ2v) is 13.5. The lowest BCUT2D eigenvalue weighted by Gasteiger charge is -2.33. The van der Waals surface area contributed by atoms with E-state index in [1.165, 1.54) is 7.11 Å². The van der Waals surface area contributed by atoms with Gasteiger partial charge in [0.1, 0.15) is 11.6 Å². The first-order valence-electron chi connectivity index (χ1n) is 14.1. The molecule has 12 nitrogen and oxygen atoms in total. The number of amides is 1. The summed E-state index contributed by atoms with van der Waals surface area (Å²) < 4.78 is 33.0. The summed E-state index contributed by atoms with van der Waals surface area (Å²) in [6.07, 6.45) is 1.73. The number of fused-ring (bicyclic) bond motifs is 1. The standard InChI is InChI=1S/C30H37N7O5S/c1-18(2)43(40,41)37-25-15-22(21-7-8-27(31-16-21)36-11-9-35(5)10-12-36)14-23(28(25)20(4)34-37)29(38)32-17-24-26(42-6)13-19(3)33-30(24)39/h7-8,13-16,18H,9-12,17H2,1-6H3,(H,32,38)(H,33,39). The number of nitrogens with one attached hydrogen (secondary N) is 2. The number of methoxy groups -OCH3 is 1. The highest BCUT2D eigenvalue weighted by atomic mass is 32.2. The van der Waals surface area contributed by atoms with E-state index in [9.17, 15) is 18.0 Å². The van der Waals surface area contributed by atoms with Crippen molar-refractivity contribution in [3.8, 4) is 16.9 Å². The van der Waals surface area contributed by atoms with Gasteiger partial charge in [0.25, 0.3) is 21.5 Å². The Morgan fingerprint density at radius 3 is 2.44 bits per heavy atom. The molecule has 1 saturated heterocycles. The molecule has 4 heterocycles. The fraction of sp³-hybridized carbons (Fsp3) is 0.400. The van der Waals surface area contributed by atoms with Crippen LogP contribution in [0.3, 0.4) is 0 Å². The number of rotatable bonds is 8. The smallest absolute Gasteiger partial charge is 0.256 e. The van der Waals surface area contributed by atoms with Gasteiger partial charge >= 0.3 is 0 Å². The number of likely N-dealkylation sites (N-methyl/N-ethyl adjacent to an activating group) is 1. The average molecular weight is 608 g/mol. The van der Waals surface area contributed by atoms with Crippen molar-refractivity contribution in [3.63, 3.8) is 0 Å². The van der Waals surface area contributed by atoms with E-state index >= 15 is 0 Å². The van der Waals surface area contributed by atoms with Gasteiger partial charge in [-0.1, -0.05) is 0 Å². The van der Waals surface area contributed by atoms with E-state index < -0.39 is 21.2 Å². The summed E-state index contributed by atoms with van der Waals surface area (Å²) in [6.45, 7) is 10.1. The zero-order valence-electron chi connectivity index (χ0n) is 25.3. The maximum Gasteiger partial charge on any atom is 0.256 e. The van der Waals surface area contributed by atoms with E-state index in [1.807, 2.05) is 12.1 Å². The number of aromatic amines is 1. The average Bonchev–Trinajstić information content (AvgIpc) is 3.33. The SMILES string of the molecule is COc1cc(C)[nH]c(=O)c1CNC(=O)c1cc(-c2ccc(N3CCN(C)CC3)nc2)cc2c1c(C)nn2S(=O)(=O)C(C)C. The summed E-state index contributed by atoms with van der Waals surface area (Å²) in [5, 5.41) is 6.86. The third-order valence-electron chi connectivity index (χ3n) is 7.79. The molecule has 0 spiro atoms. The second kappa shape index (κ2) is 11.8. The molecule has 228 valence electrons. The molecular weight excluding hydrogens is 570 g/mol. The van der Waals surface area contributed by atoms with E-state index in [0.29, 0.717) is 33.6 Å². The Labute approximate surface area is 250 Å². The molecule has 2 N–H and O–H groups in total. The van der Waals surface area contributed by atoms with E-state index in [0.717, 1.165) is 41.6 Å². The van der Waals surface area contributed by atoms with Gasteiger partial charge in [-0.15, -0.1) is 0 Å². The maximum atomic E-state index is 13.7. The minimum Gasteiger partial charge on any atom is -0.496 e. The van der Waals surface area contributed by atoms with Gasteiger partial charge in [-0.3, -0.25) is 9.59 Å². The number of aryl methyl sites for hydroxylation is 2. The van der Waals surface area contributed by atoms with Gasteiger partial charge < -0.3 is 24.8 Å². The first-order chi connectivity index (χ1) is 20.4. The molecular formula is C30H37N7O5S. The number of aromatic nitrogens is 4. The van der Waals surface area contributed by atoms with Crippen LogP contribution in [0, 0.1) is 13.8 Å². The number of benzene rings is 1. The molecule has 0 atom stereocenters. The molecule has 4 aromatic rings. The van der Waals surface area contributed by atoms with Crippen LogP contribution in [0.15, 0.2) is 41.3 Å². The lowest BCUT2D eigenvalue weighted by atomic mass is 9.99. The number of ether oxygens (including phenoxy) is 1. The summed E-state index contributed by atoms with van der Waals surface area (Å²) in [4.78, 5) is 38.3. The molecule has 43 heavy (non-hydrogen) atoms. The Balaban J connectivity index is 1.58. The first-order valence-corrected chi connectivity index (χ1v) is 15.6. The highest BCUT2D eigenvalue weighted by Crippen LogP contribution is 2.32. The Bertz CT molecular complexity index is 1840. The van der Waals surface area contributed by atoms with Crippen molar-refractivity contribution >= 4 is 32.7 Å². The van der Waals surface area contributed by atoms with Crippen LogP contribution in [-0.4, -0.2) is 84.0 Å². The molecule has 13 heteroatoms. The van der Waals surface area contributed by atoms with Crippen molar-refractivity contribution < 1.29 is 17.9 Å². The molecule has 1 aliphatic rings. The van der Waals surface area contributed by atoms with Crippen molar-refractivity contribution in [3.05, 3.63) is 69.4 Å². The Morgan fingerprint density at radius 2 is 1.81 bits per heavy atom. The van der Waals surface area contributed by atoms with Crippen LogP contribution in [-0.2, 0) is 16.6 Å². The van der Waals surface area contributed by atoms with E-state index in [1.54, 1.807) is 52.1 Å². The number of carbonyl (C=O) groups excluding carboxylic acids is 1. The Hall–Kier alpha value is -4.23. The number of H-pyrrole nitrogens is 1. The molecule has 0 radical (unpaired) electrons. The fourth-order valence-electron chi connectivity index (χ4n) is 5.22. The van der Waals surface area contributed by atoms with Gasteiger partial charge in [0.2, 0.25) is 0 Å². The van der Waals surface area contributed by atoms with Gasteiger partial charge in [-0.25, -0.2) is 13.4 Å². The largest absolute Gasteiger partial charge is 0.496 e. The van der Waals surface area contributed by atoms with Crippen molar-refractivity contribution in [2.24, 2.45) is 0 Å². The van der Waals surface area contributed by atoms with E-state index in [4.69, 9.17) is 4.74 Å². The summed E-state index contributed by atoms with van der Waals surface area (Å²) in [7, 11) is -0.281. The van der Waals surface area contributed by atoms with Gasteiger partial charge in [0.05, 0.1) is 41.2 Å². The van der Waals surface area contributed by atoms with E-state index in [-0.39, 0.29) is 23.2 Å². The zero-order valence-corrected chi connectivity index (χ0v) is 26.1. The summed E-state index contributed by atoms with van der Waals surface area (Å²) in [5.41, 5.74) is 2.79. The lowest BCUT2D eigenvalue weighted by Crippen LogP contribution is -2.44. The molecule has 1 aliphatic heterocycles. The first kappa shape index (κ1) is 30.2. The topological polar surface area (TPSA) is 143 Å². The number of hydrogen-bond donors (Lipinski definition) is 2. The molecule has 1 fully saturated rings. The van der Waals surface area contributed by atoms with Gasteiger partial charge in [-0.05, 0) is 70.6 Å². The predicted octanol–water partition coefficient (Wildman–Crippen LogP) is 2.68. The molecule has 0 aliphatic carbocycles. The highest BCUT2D eigenvalue weighted by Gasteiger charge is 2.27. The van der Waals surface area contributed by atoms with E-state index in [2.05, 4.69) is 37.2 Å². The molecule has 0 saturated carbocycles. The summed E-state index contributed by atoms with van der Waals surface area (Å²) in [5.74, 6) is 0.732. The van der Waals surface area contributed by atoms with Crippen LogP contribution in [0.4, 0.5) is 5.82 Å². The minimum atomic E-state index is -3.84. The number of carbonyl (C=O) groups is 1. The molecule has 0 unspecified atom stereocenters. The maximum absolute atomic E-state index is 13.7. The number of hydrogen-bond acceptors (Lipinski definition) is 9. The van der Waals surface area contributed by atoms with Crippen LogP contribution in [0.1, 0.15) is 41.2 Å². The minimum absolute atomic E-state index is 0.0951. The third kappa shape index (κ3) is 5.87. The van der Waals surface area contributed by atoms with Crippen molar-refractivity contribution in [2.45, 2.75) is 39.5 Å². The van der Waals surface area contributed by atoms with Crippen molar-refractivity contribution in [2.75, 3.05) is 45.2 Å². The van der Waals surface area contributed by atoms with Crippen LogP contribution in [0.2, 0.25) is 0 Å². The van der Waals surface area contributed by atoms with Crippen LogP contribution in [0.25, 0.3) is 22.0 Å². The quantitative estimate of drug-likeness (QED) is 0.309. The number of piperazine rings is 1. The zero-order chi connectivity index (χ0) is 31.1. The van der Waals surface area contributed by atoms with Gasteiger partial charge in [-0.2, -0.15) is 9.19 Å². The number of nitrogens with zero attached hydrogens (tertiary/aromatic N) is 5. The van der Waals surface area contributed by atoms with Crippen molar-refractivity contribution in [1.29, 1.82) is 0 Å². The summed E-state index contributed by atoms with van der Waals surface area (Å²) in [6, 6.07) is 8.98. The highest BCUT2D eigenvalue weighted by molar-refractivity contribution is 7.90.